The first-order valence-corrected chi connectivity index (χ1v) is 6.63. The summed E-state index contributed by atoms with van der Waals surface area (Å²) in [4.78, 5) is 23.3. The second-order valence-corrected chi connectivity index (χ2v) is 4.54. The van der Waals surface area contributed by atoms with Crippen molar-refractivity contribution in [3.05, 3.63) is 47.8 Å². The fourth-order valence-electron chi connectivity index (χ4n) is 1.83. The number of anilines is 1. The number of hydrogen-bond donors (Lipinski definition) is 1. The first-order valence-electron chi connectivity index (χ1n) is 6.63. The van der Waals surface area contributed by atoms with E-state index in [4.69, 9.17) is 4.74 Å². The summed E-state index contributed by atoms with van der Waals surface area (Å²) in [5.74, 6) is -0.481. The lowest BCUT2D eigenvalue weighted by molar-refractivity contribution is -0.142. The smallest absolute Gasteiger partial charge is 0.310 e. The molecule has 110 valence electrons. The highest BCUT2D eigenvalue weighted by Crippen LogP contribution is 2.12. The van der Waals surface area contributed by atoms with Gasteiger partial charge in [0.1, 0.15) is 0 Å². The minimum absolute atomic E-state index is 0.221. The molecule has 0 aliphatic carbocycles. The second-order valence-electron chi connectivity index (χ2n) is 4.54. The quantitative estimate of drug-likeness (QED) is 0.851. The van der Waals surface area contributed by atoms with Crippen molar-refractivity contribution in [3.63, 3.8) is 0 Å². The molecule has 1 aromatic carbocycles. The zero-order valence-corrected chi connectivity index (χ0v) is 12.0. The van der Waals surface area contributed by atoms with Crippen LogP contribution in [-0.2, 0) is 23.0 Å². The average Bonchev–Trinajstić information content (AvgIpc) is 2.88. The normalized spacial score (nSPS) is 10.2. The molecule has 2 aromatic rings. The van der Waals surface area contributed by atoms with Crippen molar-refractivity contribution in [2.45, 2.75) is 13.3 Å². The van der Waals surface area contributed by atoms with Crippen LogP contribution in [0.1, 0.15) is 22.8 Å². The average molecular weight is 287 g/mol. The third-order valence-electron chi connectivity index (χ3n) is 2.83. The molecule has 6 heteroatoms. The van der Waals surface area contributed by atoms with Crippen molar-refractivity contribution in [1.29, 1.82) is 0 Å². The molecule has 0 spiro atoms. The predicted molar refractivity (Wildman–Crippen MR) is 77.9 cm³/mol. The Morgan fingerprint density at radius 2 is 2.00 bits per heavy atom. The number of nitrogens with zero attached hydrogens (tertiary/aromatic N) is 2. The van der Waals surface area contributed by atoms with Crippen LogP contribution in [0.15, 0.2) is 36.7 Å². The van der Waals surface area contributed by atoms with Gasteiger partial charge in [0, 0.05) is 18.9 Å². The van der Waals surface area contributed by atoms with Crippen molar-refractivity contribution < 1.29 is 14.3 Å². The van der Waals surface area contributed by atoms with Crippen LogP contribution in [0, 0.1) is 0 Å². The molecule has 0 bridgehead atoms. The molecule has 21 heavy (non-hydrogen) atoms. The summed E-state index contributed by atoms with van der Waals surface area (Å²) in [6.45, 7) is 2.15. The van der Waals surface area contributed by atoms with Crippen LogP contribution >= 0.6 is 0 Å². The summed E-state index contributed by atoms with van der Waals surface area (Å²) >= 11 is 0. The molecular weight excluding hydrogens is 270 g/mol. The lowest BCUT2D eigenvalue weighted by Gasteiger charge is -2.05. The molecule has 0 unspecified atom stereocenters. The molecule has 1 aromatic heterocycles. The molecule has 0 aliphatic heterocycles. The summed E-state index contributed by atoms with van der Waals surface area (Å²) in [5.41, 5.74) is 2.00. The van der Waals surface area contributed by atoms with Crippen molar-refractivity contribution in [1.82, 2.24) is 9.78 Å². The Bertz CT molecular complexity index is 632. The molecule has 1 N–H and O–H groups in total. The Morgan fingerprint density at radius 1 is 1.29 bits per heavy atom. The Morgan fingerprint density at radius 3 is 2.57 bits per heavy atom. The van der Waals surface area contributed by atoms with E-state index in [1.165, 1.54) is 6.20 Å². The van der Waals surface area contributed by atoms with Gasteiger partial charge in [-0.2, -0.15) is 5.10 Å². The molecule has 0 saturated heterocycles. The standard InChI is InChI=1S/C15H17N3O3/c1-3-21-14(19)8-11-4-6-13(7-5-11)17-15(20)12-9-16-18(2)10-12/h4-7,9-10H,3,8H2,1-2H3,(H,17,20). The fraction of sp³-hybridized carbons (Fsp3) is 0.267. The number of carbonyl (C=O) groups excluding carboxylic acids is 2. The number of ether oxygens (including phenoxy) is 1. The van der Waals surface area contributed by atoms with Crippen molar-refractivity contribution in [3.8, 4) is 0 Å². The molecule has 0 aliphatic rings. The zero-order chi connectivity index (χ0) is 15.2. The van der Waals surface area contributed by atoms with Crippen molar-refractivity contribution in [2.75, 3.05) is 11.9 Å². The number of esters is 1. The monoisotopic (exact) mass is 287 g/mol. The van der Waals surface area contributed by atoms with Crippen molar-refractivity contribution in [2.24, 2.45) is 7.05 Å². The van der Waals surface area contributed by atoms with Gasteiger partial charge in [-0.25, -0.2) is 0 Å². The lowest BCUT2D eigenvalue weighted by atomic mass is 10.1. The van der Waals surface area contributed by atoms with Gasteiger partial charge in [0.25, 0.3) is 5.91 Å². The minimum atomic E-state index is -0.260. The van der Waals surface area contributed by atoms with Crippen LogP contribution in [-0.4, -0.2) is 28.3 Å². The Kier molecular flexibility index (Phi) is 4.71. The van der Waals surface area contributed by atoms with Gasteiger partial charge in [-0.05, 0) is 24.6 Å². The van der Waals surface area contributed by atoms with E-state index in [1.807, 2.05) is 0 Å². The van der Waals surface area contributed by atoms with Crippen LogP contribution in [0.3, 0.4) is 0 Å². The summed E-state index contributed by atoms with van der Waals surface area (Å²) in [5, 5.41) is 6.72. The highest BCUT2D eigenvalue weighted by molar-refractivity contribution is 6.03. The number of nitrogens with one attached hydrogen (secondary N) is 1. The van der Waals surface area contributed by atoms with E-state index in [9.17, 15) is 9.59 Å². The summed E-state index contributed by atoms with van der Waals surface area (Å²) in [7, 11) is 1.75. The first-order chi connectivity index (χ1) is 10.1. The fourth-order valence-corrected chi connectivity index (χ4v) is 1.83. The number of carbonyl (C=O) groups is 2. The van der Waals surface area contributed by atoms with E-state index in [0.29, 0.717) is 17.9 Å². The van der Waals surface area contributed by atoms with Crippen LogP contribution in [0.2, 0.25) is 0 Å². The Hall–Kier alpha value is -2.63. The van der Waals surface area contributed by atoms with Crippen LogP contribution < -0.4 is 5.32 Å². The third-order valence-corrected chi connectivity index (χ3v) is 2.83. The van der Waals surface area contributed by atoms with E-state index < -0.39 is 0 Å². The third kappa shape index (κ3) is 4.17. The highest BCUT2D eigenvalue weighted by Gasteiger charge is 2.08. The van der Waals surface area contributed by atoms with Crippen LogP contribution in [0.5, 0.6) is 0 Å². The minimum Gasteiger partial charge on any atom is -0.466 e. The summed E-state index contributed by atoms with van der Waals surface area (Å²) in [6, 6.07) is 7.08. The maximum atomic E-state index is 11.9. The number of aryl methyl sites for hydroxylation is 1. The number of rotatable bonds is 5. The highest BCUT2D eigenvalue weighted by atomic mass is 16.5. The SMILES string of the molecule is CCOC(=O)Cc1ccc(NC(=O)c2cnn(C)c2)cc1. The maximum absolute atomic E-state index is 11.9. The van der Waals surface area contributed by atoms with Crippen LogP contribution in [0.4, 0.5) is 5.69 Å². The van der Waals surface area contributed by atoms with Gasteiger partial charge < -0.3 is 10.1 Å². The Balaban J connectivity index is 1.96. The van der Waals surface area contributed by atoms with Crippen molar-refractivity contribution >= 4 is 17.6 Å². The maximum Gasteiger partial charge on any atom is 0.310 e. The van der Waals surface area contributed by atoms with Gasteiger partial charge in [-0.15, -0.1) is 0 Å². The molecule has 1 heterocycles. The number of aromatic nitrogens is 2. The molecular formula is C15H17N3O3. The molecule has 0 saturated carbocycles. The first kappa shape index (κ1) is 14.8. The van der Waals surface area contributed by atoms with Gasteiger partial charge >= 0.3 is 5.97 Å². The summed E-state index contributed by atoms with van der Waals surface area (Å²) < 4.78 is 6.45. The van der Waals surface area contributed by atoms with E-state index in [-0.39, 0.29) is 18.3 Å². The predicted octanol–water partition coefficient (Wildman–Crippen LogP) is 1.78. The lowest BCUT2D eigenvalue weighted by Crippen LogP contribution is -2.11. The number of benzene rings is 1. The Labute approximate surface area is 122 Å². The molecule has 0 atom stereocenters. The molecule has 1 amide bonds. The van der Waals surface area contributed by atoms with Gasteiger partial charge in [-0.1, -0.05) is 12.1 Å². The zero-order valence-electron chi connectivity index (χ0n) is 12.0. The molecule has 0 fully saturated rings. The molecule has 2 rings (SSSR count). The number of amides is 1. The van der Waals surface area contributed by atoms with Gasteiger partial charge in [-0.3, -0.25) is 14.3 Å². The van der Waals surface area contributed by atoms with Crippen LogP contribution in [0.25, 0.3) is 0 Å². The van der Waals surface area contributed by atoms with E-state index in [1.54, 1.807) is 49.1 Å². The molecule has 6 nitrogen and oxygen atoms in total. The van der Waals surface area contributed by atoms with Gasteiger partial charge in [0.2, 0.25) is 0 Å². The van der Waals surface area contributed by atoms with Gasteiger partial charge in [0.05, 0.1) is 24.8 Å². The second kappa shape index (κ2) is 6.69. The van der Waals surface area contributed by atoms with E-state index in [2.05, 4.69) is 10.4 Å². The molecule has 0 radical (unpaired) electrons. The number of hydrogen-bond acceptors (Lipinski definition) is 4. The summed E-state index contributed by atoms with van der Waals surface area (Å²) in [6.07, 6.45) is 3.37. The van der Waals surface area contributed by atoms with E-state index >= 15 is 0 Å². The topological polar surface area (TPSA) is 73.2 Å². The van der Waals surface area contributed by atoms with E-state index in [0.717, 1.165) is 5.56 Å². The van der Waals surface area contributed by atoms with Gasteiger partial charge in [0.15, 0.2) is 0 Å². The largest absolute Gasteiger partial charge is 0.466 e.